The van der Waals surface area contributed by atoms with Crippen LogP contribution in [0.1, 0.15) is 16.1 Å². The minimum Gasteiger partial charge on any atom is -0.375 e. The van der Waals surface area contributed by atoms with Crippen LogP contribution in [0.2, 0.25) is 0 Å². The number of carbonyl (C=O) groups is 1. The van der Waals surface area contributed by atoms with Gasteiger partial charge in [-0.1, -0.05) is 30.3 Å². The third-order valence-electron chi connectivity index (χ3n) is 4.48. The lowest BCUT2D eigenvalue weighted by Crippen LogP contribution is -2.51. The van der Waals surface area contributed by atoms with Gasteiger partial charge in [-0.3, -0.25) is 9.48 Å². The van der Waals surface area contributed by atoms with Crippen LogP contribution in [0.4, 0.5) is 17.6 Å². The number of hydrogen-bond acceptors (Lipinski definition) is 3. The van der Waals surface area contributed by atoms with Crippen molar-refractivity contribution < 1.29 is 27.5 Å². The van der Waals surface area contributed by atoms with Crippen LogP contribution in [0.3, 0.4) is 0 Å². The number of amides is 1. The first-order chi connectivity index (χ1) is 13.6. The highest BCUT2D eigenvalue weighted by Crippen LogP contribution is 2.38. The van der Waals surface area contributed by atoms with Gasteiger partial charge in [0.2, 0.25) is 5.60 Å². The van der Waals surface area contributed by atoms with Crippen molar-refractivity contribution in [3.05, 3.63) is 77.7 Å². The first-order valence-electron chi connectivity index (χ1n) is 8.54. The van der Waals surface area contributed by atoms with Crippen LogP contribution in [0, 0.1) is 5.82 Å². The van der Waals surface area contributed by atoms with E-state index in [4.69, 9.17) is 0 Å². The summed E-state index contributed by atoms with van der Waals surface area (Å²) in [7, 11) is 1.45. The third kappa shape index (κ3) is 4.14. The molecule has 0 aliphatic heterocycles. The van der Waals surface area contributed by atoms with Crippen molar-refractivity contribution in [2.75, 3.05) is 6.54 Å². The summed E-state index contributed by atoms with van der Waals surface area (Å²) in [5.41, 5.74) is -2.75. The summed E-state index contributed by atoms with van der Waals surface area (Å²) in [6.45, 7) is -1.07. The second-order valence-corrected chi connectivity index (χ2v) is 6.45. The molecule has 0 saturated carbocycles. The maximum absolute atomic E-state index is 13.5. The number of nitrogens with zero attached hydrogens (tertiary/aromatic N) is 2. The lowest BCUT2D eigenvalue weighted by Gasteiger charge is -2.31. The van der Waals surface area contributed by atoms with Gasteiger partial charge in [-0.25, -0.2) is 4.39 Å². The number of aliphatic hydroxyl groups is 1. The molecule has 1 atom stereocenters. The number of rotatable bonds is 5. The van der Waals surface area contributed by atoms with Gasteiger partial charge < -0.3 is 10.4 Å². The van der Waals surface area contributed by atoms with Gasteiger partial charge in [0, 0.05) is 12.6 Å². The van der Waals surface area contributed by atoms with Gasteiger partial charge in [-0.2, -0.15) is 18.3 Å². The van der Waals surface area contributed by atoms with Gasteiger partial charge in [0.15, 0.2) is 0 Å². The van der Waals surface area contributed by atoms with E-state index in [1.807, 2.05) is 0 Å². The van der Waals surface area contributed by atoms with Crippen LogP contribution in [0.5, 0.6) is 0 Å². The van der Waals surface area contributed by atoms with E-state index in [2.05, 4.69) is 10.4 Å². The number of benzene rings is 2. The number of carbonyl (C=O) groups excluding carboxylic acids is 1. The van der Waals surface area contributed by atoms with Gasteiger partial charge in [0.05, 0.1) is 12.2 Å². The summed E-state index contributed by atoms with van der Waals surface area (Å²) in [6.07, 6.45) is -5.01. The summed E-state index contributed by atoms with van der Waals surface area (Å²) in [5, 5.41) is 16.6. The predicted molar refractivity (Wildman–Crippen MR) is 97.3 cm³/mol. The Bertz CT molecular complexity index is 1000. The molecule has 2 aromatic carbocycles. The van der Waals surface area contributed by atoms with E-state index in [1.165, 1.54) is 60.3 Å². The Balaban J connectivity index is 1.82. The normalized spacial score (nSPS) is 13.7. The Hall–Kier alpha value is -3.20. The minimum atomic E-state index is -5.01. The molecule has 152 valence electrons. The molecule has 0 saturated heterocycles. The number of aryl methyl sites for hydroxylation is 1. The van der Waals surface area contributed by atoms with Crippen LogP contribution < -0.4 is 5.32 Å². The van der Waals surface area contributed by atoms with Gasteiger partial charge in [0.1, 0.15) is 11.5 Å². The molecule has 2 N–H and O–H groups in total. The molecule has 0 spiro atoms. The summed E-state index contributed by atoms with van der Waals surface area (Å²) < 4.78 is 54.8. The molecule has 1 amide bonds. The van der Waals surface area contributed by atoms with Crippen molar-refractivity contribution in [2.24, 2.45) is 7.05 Å². The van der Waals surface area contributed by atoms with Crippen LogP contribution in [0.15, 0.2) is 60.7 Å². The molecule has 0 aliphatic carbocycles. The molecule has 0 unspecified atom stereocenters. The zero-order valence-corrected chi connectivity index (χ0v) is 15.2. The molecule has 0 fully saturated rings. The van der Waals surface area contributed by atoms with Crippen LogP contribution in [-0.2, 0) is 12.6 Å². The van der Waals surface area contributed by atoms with Crippen molar-refractivity contribution in [3.8, 4) is 11.3 Å². The minimum absolute atomic E-state index is 0.0121. The third-order valence-corrected chi connectivity index (χ3v) is 4.48. The van der Waals surface area contributed by atoms with Crippen LogP contribution in [0.25, 0.3) is 11.3 Å². The summed E-state index contributed by atoms with van der Waals surface area (Å²) in [5.74, 6) is -1.28. The lowest BCUT2D eigenvalue weighted by molar-refractivity contribution is -0.263. The summed E-state index contributed by atoms with van der Waals surface area (Å²) in [6, 6.07) is 13.3. The van der Waals surface area contributed by atoms with Crippen molar-refractivity contribution in [3.63, 3.8) is 0 Å². The average molecular weight is 407 g/mol. The van der Waals surface area contributed by atoms with E-state index in [1.54, 1.807) is 0 Å². The van der Waals surface area contributed by atoms with E-state index >= 15 is 0 Å². The molecule has 0 bridgehead atoms. The highest BCUT2D eigenvalue weighted by Gasteiger charge is 2.55. The Kier molecular flexibility index (Phi) is 5.43. The molecule has 1 heterocycles. The topological polar surface area (TPSA) is 67.2 Å². The fraction of sp³-hybridized carbons (Fsp3) is 0.200. The molecule has 3 rings (SSSR count). The number of halogens is 4. The van der Waals surface area contributed by atoms with E-state index < -0.39 is 30.0 Å². The monoisotopic (exact) mass is 407 g/mol. The SMILES string of the molecule is Cn1nc(-c2ccc(F)cc2)cc1C(=O)NC[C@](O)(c1ccccc1)C(F)(F)F. The standard InChI is InChI=1S/C20H17F4N3O2/c1-27-17(11-16(26-27)13-7-9-15(21)10-8-13)18(28)25-12-19(29,20(22,23)24)14-5-3-2-4-6-14/h2-11,29H,12H2,1H3,(H,25,28)/t19-/m0/s1. The van der Waals surface area contributed by atoms with E-state index in [0.29, 0.717) is 11.3 Å². The lowest BCUT2D eigenvalue weighted by atomic mass is 9.93. The molecular weight excluding hydrogens is 390 g/mol. The summed E-state index contributed by atoms with van der Waals surface area (Å²) in [4.78, 5) is 12.5. The number of alkyl halides is 3. The molecule has 1 aromatic heterocycles. The van der Waals surface area contributed by atoms with Crippen LogP contribution >= 0.6 is 0 Å². The Morgan fingerprint density at radius 3 is 2.31 bits per heavy atom. The quantitative estimate of drug-likeness (QED) is 0.637. The zero-order chi connectivity index (χ0) is 21.2. The van der Waals surface area contributed by atoms with Crippen LogP contribution in [-0.4, -0.2) is 33.5 Å². The Morgan fingerprint density at radius 1 is 1.10 bits per heavy atom. The average Bonchev–Trinajstić information content (AvgIpc) is 3.08. The zero-order valence-electron chi connectivity index (χ0n) is 15.2. The first kappa shape index (κ1) is 20.5. The second kappa shape index (κ2) is 7.67. The molecule has 29 heavy (non-hydrogen) atoms. The van der Waals surface area contributed by atoms with Gasteiger partial charge in [-0.15, -0.1) is 0 Å². The maximum atomic E-state index is 13.5. The van der Waals surface area contributed by atoms with Crippen molar-refractivity contribution in [1.82, 2.24) is 15.1 Å². The van der Waals surface area contributed by atoms with Gasteiger partial charge in [0.25, 0.3) is 5.91 Å². The Morgan fingerprint density at radius 2 is 1.72 bits per heavy atom. The molecule has 9 heteroatoms. The fourth-order valence-corrected chi connectivity index (χ4v) is 2.82. The maximum Gasteiger partial charge on any atom is 0.423 e. The smallest absolute Gasteiger partial charge is 0.375 e. The van der Waals surface area contributed by atoms with Crippen molar-refractivity contribution in [2.45, 2.75) is 11.8 Å². The largest absolute Gasteiger partial charge is 0.423 e. The van der Waals surface area contributed by atoms with E-state index in [-0.39, 0.29) is 11.3 Å². The Labute approximate surface area is 163 Å². The molecule has 0 aliphatic rings. The highest BCUT2D eigenvalue weighted by atomic mass is 19.4. The van der Waals surface area contributed by atoms with Crippen molar-refractivity contribution in [1.29, 1.82) is 0 Å². The van der Waals surface area contributed by atoms with Gasteiger partial charge >= 0.3 is 6.18 Å². The highest BCUT2D eigenvalue weighted by molar-refractivity contribution is 5.93. The second-order valence-electron chi connectivity index (χ2n) is 6.45. The molecular formula is C20H17F4N3O2. The summed E-state index contributed by atoms with van der Waals surface area (Å²) >= 11 is 0. The van der Waals surface area contributed by atoms with Gasteiger partial charge in [-0.05, 0) is 35.9 Å². The fourth-order valence-electron chi connectivity index (χ4n) is 2.82. The number of nitrogens with one attached hydrogen (secondary N) is 1. The molecule has 0 radical (unpaired) electrons. The number of aromatic nitrogens is 2. The van der Waals surface area contributed by atoms with E-state index in [9.17, 15) is 27.5 Å². The van der Waals surface area contributed by atoms with E-state index in [0.717, 1.165) is 12.1 Å². The van der Waals surface area contributed by atoms with Crippen molar-refractivity contribution >= 4 is 5.91 Å². The first-order valence-corrected chi connectivity index (χ1v) is 8.54. The molecule has 3 aromatic rings. The molecule has 5 nitrogen and oxygen atoms in total. The number of hydrogen-bond donors (Lipinski definition) is 2. The predicted octanol–water partition coefficient (Wildman–Crippen LogP) is 3.41.